The lowest BCUT2D eigenvalue weighted by Crippen LogP contribution is -2.44. The standard InChI is InChI=1S/C14H21NO2S/c1-3-17-14(7-5-4-6-8-14)12(16)9-13-15-11(2)10-18-13/h10H,3-9H2,1-2H3. The highest BCUT2D eigenvalue weighted by Crippen LogP contribution is 2.33. The van der Waals surface area contributed by atoms with Crippen LogP contribution < -0.4 is 0 Å². The summed E-state index contributed by atoms with van der Waals surface area (Å²) in [5, 5.41) is 2.92. The molecule has 1 aromatic heterocycles. The average molecular weight is 267 g/mol. The van der Waals surface area contributed by atoms with E-state index in [1.165, 1.54) is 6.42 Å². The Balaban J connectivity index is 2.08. The van der Waals surface area contributed by atoms with Crippen molar-refractivity contribution in [2.45, 2.75) is 58.0 Å². The van der Waals surface area contributed by atoms with Gasteiger partial charge in [-0.3, -0.25) is 4.79 Å². The van der Waals surface area contributed by atoms with Gasteiger partial charge in [0.1, 0.15) is 10.6 Å². The van der Waals surface area contributed by atoms with Crippen LogP contribution in [-0.2, 0) is 16.0 Å². The number of hydrogen-bond acceptors (Lipinski definition) is 4. The van der Waals surface area contributed by atoms with E-state index in [1.807, 2.05) is 19.2 Å². The Morgan fingerprint density at radius 2 is 2.17 bits per heavy atom. The van der Waals surface area contributed by atoms with Crippen LogP contribution in [0, 0.1) is 6.92 Å². The lowest BCUT2D eigenvalue weighted by molar-refractivity contribution is -0.148. The van der Waals surface area contributed by atoms with Crippen molar-refractivity contribution in [1.82, 2.24) is 4.98 Å². The van der Waals surface area contributed by atoms with E-state index in [1.54, 1.807) is 11.3 Å². The molecule has 100 valence electrons. The molecule has 3 nitrogen and oxygen atoms in total. The van der Waals surface area contributed by atoms with Crippen LogP contribution in [0.5, 0.6) is 0 Å². The average Bonchev–Trinajstić information content (AvgIpc) is 2.76. The molecule has 1 aromatic rings. The topological polar surface area (TPSA) is 39.2 Å². The third-order valence-electron chi connectivity index (χ3n) is 3.57. The molecule has 1 aliphatic carbocycles. The van der Waals surface area contributed by atoms with Crippen LogP contribution in [0.4, 0.5) is 0 Å². The molecule has 0 spiro atoms. The van der Waals surface area contributed by atoms with E-state index in [2.05, 4.69) is 4.98 Å². The van der Waals surface area contributed by atoms with Gasteiger partial charge < -0.3 is 4.74 Å². The molecule has 4 heteroatoms. The van der Waals surface area contributed by atoms with Gasteiger partial charge in [0.05, 0.1) is 6.42 Å². The second-order valence-electron chi connectivity index (χ2n) is 4.97. The molecular formula is C14H21NO2S. The number of thiazole rings is 1. The fraction of sp³-hybridized carbons (Fsp3) is 0.714. The Bertz CT molecular complexity index is 402. The van der Waals surface area contributed by atoms with Crippen LogP contribution in [-0.4, -0.2) is 23.0 Å². The van der Waals surface area contributed by atoms with Crippen molar-refractivity contribution in [3.05, 3.63) is 16.1 Å². The molecule has 18 heavy (non-hydrogen) atoms. The third-order valence-corrected chi connectivity index (χ3v) is 4.54. The molecule has 1 aliphatic rings. The summed E-state index contributed by atoms with van der Waals surface area (Å²) in [5.74, 6) is 0.221. The minimum atomic E-state index is -0.521. The summed E-state index contributed by atoms with van der Waals surface area (Å²) < 4.78 is 5.84. The van der Waals surface area contributed by atoms with E-state index < -0.39 is 5.60 Å². The molecule has 0 aromatic carbocycles. The van der Waals surface area contributed by atoms with Crippen molar-refractivity contribution < 1.29 is 9.53 Å². The fourth-order valence-electron chi connectivity index (χ4n) is 2.69. The highest BCUT2D eigenvalue weighted by molar-refractivity contribution is 7.09. The molecule has 0 saturated heterocycles. The maximum atomic E-state index is 12.5. The Labute approximate surface area is 113 Å². The van der Waals surface area contributed by atoms with E-state index in [0.717, 1.165) is 36.4 Å². The smallest absolute Gasteiger partial charge is 0.171 e. The highest BCUT2D eigenvalue weighted by Gasteiger charge is 2.39. The summed E-state index contributed by atoms with van der Waals surface area (Å²) in [6, 6.07) is 0. The zero-order chi connectivity index (χ0) is 13.0. The van der Waals surface area contributed by atoms with Crippen molar-refractivity contribution in [3.63, 3.8) is 0 Å². The summed E-state index contributed by atoms with van der Waals surface area (Å²) >= 11 is 1.57. The minimum Gasteiger partial charge on any atom is -0.367 e. The van der Waals surface area contributed by atoms with Gasteiger partial charge in [-0.25, -0.2) is 4.98 Å². The molecule has 1 fully saturated rings. The molecule has 0 amide bonds. The SMILES string of the molecule is CCOC1(C(=O)Cc2nc(C)cs2)CCCCC1. The van der Waals surface area contributed by atoms with Gasteiger partial charge in [0.15, 0.2) is 5.78 Å². The molecule has 0 radical (unpaired) electrons. The fourth-order valence-corrected chi connectivity index (χ4v) is 3.46. The van der Waals surface area contributed by atoms with Gasteiger partial charge in [0.2, 0.25) is 0 Å². The molecule has 0 N–H and O–H groups in total. The molecular weight excluding hydrogens is 246 g/mol. The first-order chi connectivity index (χ1) is 8.66. The van der Waals surface area contributed by atoms with Crippen molar-refractivity contribution in [1.29, 1.82) is 0 Å². The Hall–Kier alpha value is -0.740. The summed E-state index contributed by atoms with van der Waals surface area (Å²) in [6.45, 7) is 4.54. The molecule has 0 bridgehead atoms. The number of nitrogens with zero attached hydrogens (tertiary/aromatic N) is 1. The summed E-state index contributed by atoms with van der Waals surface area (Å²) in [6.07, 6.45) is 5.61. The van der Waals surface area contributed by atoms with Gasteiger partial charge in [0.25, 0.3) is 0 Å². The van der Waals surface area contributed by atoms with Gasteiger partial charge >= 0.3 is 0 Å². The number of ether oxygens (including phenoxy) is 1. The maximum Gasteiger partial charge on any atom is 0.171 e. The van der Waals surface area contributed by atoms with Crippen molar-refractivity contribution >= 4 is 17.1 Å². The van der Waals surface area contributed by atoms with Gasteiger partial charge in [-0.05, 0) is 26.7 Å². The first kappa shape index (κ1) is 13.7. The number of hydrogen-bond donors (Lipinski definition) is 0. The van der Waals surface area contributed by atoms with Crippen LogP contribution in [0.2, 0.25) is 0 Å². The molecule has 0 aliphatic heterocycles. The Kier molecular flexibility index (Phi) is 4.51. The van der Waals surface area contributed by atoms with Crippen molar-refractivity contribution in [2.75, 3.05) is 6.61 Å². The number of rotatable bonds is 5. The monoisotopic (exact) mass is 267 g/mol. The highest BCUT2D eigenvalue weighted by atomic mass is 32.1. The van der Waals surface area contributed by atoms with Gasteiger partial charge in [-0.15, -0.1) is 11.3 Å². The largest absolute Gasteiger partial charge is 0.367 e. The van der Waals surface area contributed by atoms with Crippen LogP contribution in [0.1, 0.15) is 49.7 Å². The number of carbonyl (C=O) groups excluding carboxylic acids is 1. The third kappa shape index (κ3) is 2.98. The second-order valence-corrected chi connectivity index (χ2v) is 5.91. The maximum absolute atomic E-state index is 12.5. The van der Waals surface area contributed by atoms with E-state index in [-0.39, 0.29) is 5.78 Å². The predicted octanol–water partition coefficient (Wildman–Crippen LogP) is 3.30. The lowest BCUT2D eigenvalue weighted by atomic mass is 9.80. The van der Waals surface area contributed by atoms with E-state index in [9.17, 15) is 4.79 Å². The summed E-state index contributed by atoms with van der Waals surface area (Å²) in [5.41, 5.74) is 0.476. The van der Waals surface area contributed by atoms with Gasteiger partial charge in [-0.2, -0.15) is 0 Å². The van der Waals surface area contributed by atoms with Crippen LogP contribution in [0.3, 0.4) is 0 Å². The van der Waals surface area contributed by atoms with Crippen LogP contribution in [0.15, 0.2) is 5.38 Å². The number of aromatic nitrogens is 1. The Morgan fingerprint density at radius 3 is 2.72 bits per heavy atom. The molecule has 0 atom stereocenters. The first-order valence-corrected chi connectivity index (χ1v) is 7.62. The van der Waals surface area contributed by atoms with Crippen LogP contribution in [0.25, 0.3) is 0 Å². The van der Waals surface area contributed by atoms with Gasteiger partial charge in [0, 0.05) is 17.7 Å². The van der Waals surface area contributed by atoms with Crippen molar-refractivity contribution in [3.8, 4) is 0 Å². The van der Waals surface area contributed by atoms with E-state index >= 15 is 0 Å². The number of aryl methyl sites for hydroxylation is 1. The quantitative estimate of drug-likeness (QED) is 0.821. The zero-order valence-electron chi connectivity index (χ0n) is 11.2. The van der Waals surface area contributed by atoms with Crippen molar-refractivity contribution in [2.24, 2.45) is 0 Å². The van der Waals surface area contributed by atoms with E-state index in [4.69, 9.17) is 4.74 Å². The molecule has 1 heterocycles. The number of Topliss-reactive ketones (excluding diaryl/α,β-unsaturated/α-hetero) is 1. The lowest BCUT2D eigenvalue weighted by Gasteiger charge is -2.35. The Morgan fingerprint density at radius 1 is 1.44 bits per heavy atom. The first-order valence-electron chi connectivity index (χ1n) is 6.74. The molecule has 0 unspecified atom stereocenters. The zero-order valence-corrected chi connectivity index (χ0v) is 12.0. The van der Waals surface area contributed by atoms with Crippen LogP contribution >= 0.6 is 11.3 Å². The van der Waals surface area contributed by atoms with Gasteiger partial charge in [-0.1, -0.05) is 19.3 Å². The summed E-state index contributed by atoms with van der Waals surface area (Å²) in [7, 11) is 0. The summed E-state index contributed by atoms with van der Waals surface area (Å²) in [4.78, 5) is 16.9. The molecule has 1 saturated carbocycles. The minimum absolute atomic E-state index is 0.221. The number of ketones is 1. The van der Waals surface area contributed by atoms with E-state index in [0.29, 0.717) is 13.0 Å². The normalized spacial score (nSPS) is 18.8. The predicted molar refractivity (Wildman–Crippen MR) is 73.0 cm³/mol. The molecule has 2 rings (SSSR count). The second kappa shape index (κ2) is 5.93. The number of carbonyl (C=O) groups is 1.